The third-order valence-corrected chi connectivity index (χ3v) is 2.89. The zero-order valence-electron chi connectivity index (χ0n) is 11.4. The van der Waals surface area contributed by atoms with Crippen LogP contribution in [0.25, 0.3) is 6.08 Å². The molecule has 0 aliphatic carbocycles. The van der Waals surface area contributed by atoms with Gasteiger partial charge >= 0.3 is 0 Å². The molecule has 0 fully saturated rings. The number of hydrogen-bond donors (Lipinski definition) is 2. The lowest BCUT2D eigenvalue weighted by atomic mass is 10.1. The lowest BCUT2D eigenvalue weighted by Gasteiger charge is -2.01. The van der Waals surface area contributed by atoms with Crippen molar-refractivity contribution >= 4 is 23.5 Å². The summed E-state index contributed by atoms with van der Waals surface area (Å²) in [6, 6.07) is 6.22. The Labute approximate surface area is 120 Å². The van der Waals surface area contributed by atoms with E-state index >= 15 is 0 Å². The summed E-state index contributed by atoms with van der Waals surface area (Å²) in [4.78, 5) is 22.2. The molecule has 21 heavy (non-hydrogen) atoms. The number of carbonyl (C=O) groups excluding carboxylic acids is 1. The molecule has 2 rings (SSSR count). The quantitative estimate of drug-likeness (QED) is 0.501. The lowest BCUT2D eigenvalue weighted by molar-refractivity contribution is -0.385. The number of hydrogen-bond acceptors (Lipinski definition) is 4. The van der Waals surface area contributed by atoms with E-state index in [2.05, 4.69) is 15.5 Å². The molecule has 0 bridgehead atoms. The van der Waals surface area contributed by atoms with E-state index in [1.807, 2.05) is 6.92 Å². The molecule has 0 aliphatic heterocycles. The molecule has 0 saturated heterocycles. The number of nitrogens with one attached hydrogen (secondary N) is 2. The van der Waals surface area contributed by atoms with Crippen molar-refractivity contribution in [3.8, 4) is 0 Å². The van der Waals surface area contributed by atoms with E-state index < -0.39 is 4.92 Å². The van der Waals surface area contributed by atoms with Crippen molar-refractivity contribution in [2.45, 2.75) is 13.3 Å². The highest BCUT2D eigenvalue weighted by atomic mass is 16.6. The number of H-pyrrole nitrogens is 1. The first-order chi connectivity index (χ1) is 10.1. The average Bonchev–Trinajstić information content (AvgIpc) is 2.92. The number of carbonyl (C=O) groups is 1. The third kappa shape index (κ3) is 3.53. The van der Waals surface area contributed by atoms with Crippen molar-refractivity contribution in [2.75, 3.05) is 5.32 Å². The van der Waals surface area contributed by atoms with Gasteiger partial charge in [0.25, 0.3) is 5.69 Å². The second-order valence-corrected chi connectivity index (χ2v) is 4.26. The molecule has 7 nitrogen and oxygen atoms in total. The predicted octanol–water partition coefficient (Wildman–Crippen LogP) is 2.53. The van der Waals surface area contributed by atoms with Crippen molar-refractivity contribution in [3.05, 3.63) is 57.8 Å². The summed E-state index contributed by atoms with van der Waals surface area (Å²) in [7, 11) is 0. The molecule has 0 spiro atoms. The third-order valence-electron chi connectivity index (χ3n) is 2.89. The summed E-state index contributed by atoms with van der Waals surface area (Å²) in [6.45, 7) is 1.95. The lowest BCUT2D eigenvalue weighted by Crippen LogP contribution is -2.09. The van der Waals surface area contributed by atoms with Gasteiger partial charge in [-0.05, 0) is 18.6 Å². The molecule has 108 valence electrons. The van der Waals surface area contributed by atoms with Crippen LogP contribution in [0.3, 0.4) is 0 Å². The van der Waals surface area contributed by atoms with E-state index in [1.54, 1.807) is 24.4 Å². The summed E-state index contributed by atoms with van der Waals surface area (Å²) in [5.74, 6) is 0.154. The van der Waals surface area contributed by atoms with Crippen molar-refractivity contribution < 1.29 is 9.72 Å². The Morgan fingerprint density at radius 2 is 2.24 bits per heavy atom. The van der Waals surface area contributed by atoms with Gasteiger partial charge in [0.05, 0.1) is 16.7 Å². The zero-order valence-corrected chi connectivity index (χ0v) is 11.4. The molecule has 0 unspecified atom stereocenters. The summed E-state index contributed by atoms with van der Waals surface area (Å²) in [6.07, 6.45) is 5.04. The molecule has 1 amide bonds. The second-order valence-electron chi connectivity index (χ2n) is 4.26. The fourth-order valence-electron chi connectivity index (χ4n) is 1.81. The SMILES string of the molecule is CCc1cn[nH]c1NC(=O)/C=C/c1ccccc1[N+](=O)[O-]. The number of benzene rings is 1. The minimum atomic E-state index is -0.484. The Bertz CT molecular complexity index is 691. The minimum Gasteiger partial charge on any atom is -0.307 e. The molecule has 0 saturated carbocycles. The van der Waals surface area contributed by atoms with Gasteiger partial charge in [-0.3, -0.25) is 20.0 Å². The number of aryl methyl sites for hydroxylation is 1. The van der Waals surface area contributed by atoms with Crippen molar-refractivity contribution in [3.63, 3.8) is 0 Å². The van der Waals surface area contributed by atoms with Gasteiger partial charge in [-0.15, -0.1) is 0 Å². The standard InChI is InChI=1S/C14H14N4O3/c1-2-10-9-15-17-14(10)16-13(19)8-7-11-5-3-4-6-12(11)18(20)21/h3-9H,2H2,1H3,(H2,15,16,17,19)/b8-7+. The number of rotatable bonds is 5. The molecule has 0 aliphatic rings. The van der Waals surface area contributed by atoms with E-state index in [4.69, 9.17) is 0 Å². The van der Waals surface area contributed by atoms with Gasteiger partial charge in [0.15, 0.2) is 0 Å². The highest BCUT2D eigenvalue weighted by molar-refractivity contribution is 6.02. The molecule has 2 N–H and O–H groups in total. The fraction of sp³-hybridized carbons (Fsp3) is 0.143. The van der Waals surface area contributed by atoms with Crippen LogP contribution in [0.15, 0.2) is 36.5 Å². The van der Waals surface area contributed by atoms with Crippen LogP contribution in [0.2, 0.25) is 0 Å². The minimum absolute atomic E-state index is 0.0441. The van der Waals surface area contributed by atoms with Gasteiger partial charge in [0.2, 0.25) is 5.91 Å². The monoisotopic (exact) mass is 286 g/mol. The van der Waals surface area contributed by atoms with Gasteiger partial charge in [-0.1, -0.05) is 19.1 Å². The van der Waals surface area contributed by atoms with Crippen LogP contribution in [0.5, 0.6) is 0 Å². The van der Waals surface area contributed by atoms with Crippen LogP contribution in [-0.2, 0) is 11.2 Å². The van der Waals surface area contributed by atoms with Crippen LogP contribution in [-0.4, -0.2) is 21.0 Å². The Morgan fingerprint density at radius 1 is 1.48 bits per heavy atom. The first kappa shape index (κ1) is 14.4. The Morgan fingerprint density at radius 3 is 2.95 bits per heavy atom. The molecule has 1 aromatic heterocycles. The van der Waals surface area contributed by atoms with Gasteiger partial charge < -0.3 is 5.32 Å². The molecule has 0 atom stereocenters. The first-order valence-corrected chi connectivity index (χ1v) is 6.36. The second kappa shape index (κ2) is 6.47. The van der Waals surface area contributed by atoms with Crippen LogP contribution < -0.4 is 5.32 Å². The Balaban J connectivity index is 2.11. The smallest absolute Gasteiger partial charge is 0.276 e. The number of anilines is 1. The maximum Gasteiger partial charge on any atom is 0.276 e. The topological polar surface area (TPSA) is 101 Å². The summed E-state index contributed by atoms with van der Waals surface area (Å²) >= 11 is 0. The summed E-state index contributed by atoms with van der Waals surface area (Å²) in [5, 5.41) is 20.1. The van der Waals surface area contributed by atoms with E-state index in [-0.39, 0.29) is 11.6 Å². The molecular weight excluding hydrogens is 272 g/mol. The Kier molecular flexibility index (Phi) is 4.45. The summed E-state index contributed by atoms with van der Waals surface area (Å²) < 4.78 is 0. The number of nitro benzene ring substituents is 1. The largest absolute Gasteiger partial charge is 0.307 e. The van der Waals surface area contributed by atoms with Crippen LogP contribution >= 0.6 is 0 Å². The van der Waals surface area contributed by atoms with E-state index in [0.717, 1.165) is 12.0 Å². The maximum absolute atomic E-state index is 11.8. The molecule has 7 heteroatoms. The zero-order chi connectivity index (χ0) is 15.2. The summed E-state index contributed by atoms with van der Waals surface area (Å²) in [5.41, 5.74) is 1.22. The van der Waals surface area contributed by atoms with Gasteiger partial charge in [-0.25, -0.2) is 0 Å². The van der Waals surface area contributed by atoms with E-state index in [1.165, 1.54) is 18.2 Å². The van der Waals surface area contributed by atoms with Crippen LogP contribution in [0.1, 0.15) is 18.1 Å². The molecular formula is C14H14N4O3. The van der Waals surface area contributed by atoms with Crippen molar-refractivity contribution in [1.82, 2.24) is 10.2 Å². The number of para-hydroxylation sites is 1. The predicted molar refractivity (Wildman–Crippen MR) is 78.7 cm³/mol. The van der Waals surface area contributed by atoms with Crippen LogP contribution in [0, 0.1) is 10.1 Å². The first-order valence-electron chi connectivity index (χ1n) is 6.36. The van der Waals surface area contributed by atoms with E-state index in [9.17, 15) is 14.9 Å². The molecule has 2 aromatic rings. The normalized spacial score (nSPS) is 10.7. The number of aromatic amines is 1. The van der Waals surface area contributed by atoms with E-state index in [0.29, 0.717) is 11.4 Å². The van der Waals surface area contributed by atoms with Gasteiger partial charge in [0.1, 0.15) is 5.82 Å². The van der Waals surface area contributed by atoms with Gasteiger partial charge in [-0.2, -0.15) is 5.10 Å². The fourth-order valence-corrected chi connectivity index (χ4v) is 1.81. The van der Waals surface area contributed by atoms with Crippen molar-refractivity contribution in [1.29, 1.82) is 0 Å². The Hall–Kier alpha value is -2.96. The average molecular weight is 286 g/mol. The highest BCUT2D eigenvalue weighted by Gasteiger charge is 2.10. The van der Waals surface area contributed by atoms with Gasteiger partial charge in [0, 0.05) is 17.7 Å². The molecule has 1 heterocycles. The van der Waals surface area contributed by atoms with Crippen LogP contribution in [0.4, 0.5) is 11.5 Å². The number of amides is 1. The number of aromatic nitrogens is 2. The maximum atomic E-state index is 11.8. The molecule has 1 aromatic carbocycles. The van der Waals surface area contributed by atoms with Crippen molar-refractivity contribution in [2.24, 2.45) is 0 Å². The number of nitro groups is 1. The number of nitrogens with zero attached hydrogens (tertiary/aromatic N) is 2. The highest BCUT2D eigenvalue weighted by Crippen LogP contribution is 2.19. The molecule has 0 radical (unpaired) electrons.